The number of ether oxygens (including phenoxy) is 2. The number of hydrogen-bond donors (Lipinski definition) is 1. The quantitative estimate of drug-likeness (QED) is 0.645. The summed E-state index contributed by atoms with van der Waals surface area (Å²) >= 11 is 0. The fourth-order valence-electron chi connectivity index (χ4n) is 3.04. The molecular weight excluding hydrogens is 380 g/mol. The number of amides is 2. The number of methoxy groups -OCH3 is 1. The van der Waals surface area contributed by atoms with E-state index in [1.54, 1.807) is 14.2 Å². The average molecular weight is 406 g/mol. The third kappa shape index (κ3) is 5.29. The van der Waals surface area contributed by atoms with E-state index in [2.05, 4.69) is 5.32 Å². The second-order valence-corrected chi connectivity index (χ2v) is 7.28. The predicted molar refractivity (Wildman–Crippen MR) is 118 cm³/mol. The SMILES string of the molecule is COc1ccc2ccc(OCC(=O)N(C)CC(=O)Nc3cc(C)ccc3C)cc2c1. The molecule has 3 aromatic carbocycles. The summed E-state index contributed by atoms with van der Waals surface area (Å²) in [5.74, 6) is 0.803. The molecule has 0 fully saturated rings. The van der Waals surface area contributed by atoms with Gasteiger partial charge in [-0.05, 0) is 66.1 Å². The lowest BCUT2D eigenvalue weighted by Crippen LogP contribution is -2.37. The molecule has 2 amide bonds. The van der Waals surface area contributed by atoms with E-state index >= 15 is 0 Å². The highest BCUT2D eigenvalue weighted by Crippen LogP contribution is 2.25. The van der Waals surface area contributed by atoms with Crippen molar-refractivity contribution in [1.29, 1.82) is 0 Å². The molecule has 0 unspecified atom stereocenters. The molecule has 0 saturated carbocycles. The zero-order valence-corrected chi connectivity index (χ0v) is 17.7. The first kappa shape index (κ1) is 21.2. The third-order valence-corrected chi connectivity index (χ3v) is 4.85. The highest BCUT2D eigenvalue weighted by atomic mass is 16.5. The molecule has 3 rings (SSSR count). The minimum absolute atomic E-state index is 0.0511. The first-order valence-electron chi connectivity index (χ1n) is 9.67. The van der Waals surface area contributed by atoms with E-state index in [0.29, 0.717) is 5.75 Å². The maximum absolute atomic E-state index is 12.4. The first-order chi connectivity index (χ1) is 14.4. The molecule has 156 valence electrons. The summed E-state index contributed by atoms with van der Waals surface area (Å²) in [4.78, 5) is 26.1. The van der Waals surface area contributed by atoms with Crippen molar-refractivity contribution in [3.63, 3.8) is 0 Å². The molecule has 6 nitrogen and oxygen atoms in total. The lowest BCUT2D eigenvalue weighted by molar-refractivity contribution is -0.135. The Kier molecular flexibility index (Phi) is 6.57. The van der Waals surface area contributed by atoms with Crippen molar-refractivity contribution in [2.75, 3.05) is 32.6 Å². The molecular formula is C24H26N2O4. The van der Waals surface area contributed by atoms with Crippen molar-refractivity contribution in [2.45, 2.75) is 13.8 Å². The molecule has 1 N–H and O–H groups in total. The van der Waals surface area contributed by atoms with Crippen LogP contribution in [0.5, 0.6) is 11.5 Å². The van der Waals surface area contributed by atoms with Crippen LogP contribution in [0, 0.1) is 13.8 Å². The van der Waals surface area contributed by atoms with Crippen LogP contribution in [-0.4, -0.2) is 44.0 Å². The molecule has 0 radical (unpaired) electrons. The van der Waals surface area contributed by atoms with E-state index in [9.17, 15) is 9.59 Å². The second kappa shape index (κ2) is 9.31. The predicted octanol–water partition coefficient (Wildman–Crippen LogP) is 3.94. The van der Waals surface area contributed by atoms with Crippen LogP contribution < -0.4 is 14.8 Å². The zero-order valence-electron chi connectivity index (χ0n) is 17.7. The molecule has 0 spiro atoms. The smallest absolute Gasteiger partial charge is 0.260 e. The van der Waals surface area contributed by atoms with Crippen LogP contribution in [0.2, 0.25) is 0 Å². The Morgan fingerprint density at radius 3 is 2.37 bits per heavy atom. The number of carbonyl (C=O) groups excluding carboxylic acids is 2. The molecule has 3 aromatic rings. The Labute approximate surface area is 176 Å². The normalized spacial score (nSPS) is 10.5. The number of nitrogens with one attached hydrogen (secondary N) is 1. The summed E-state index contributed by atoms with van der Waals surface area (Å²) in [6, 6.07) is 17.2. The molecule has 0 atom stereocenters. The van der Waals surface area contributed by atoms with Crippen molar-refractivity contribution < 1.29 is 19.1 Å². The lowest BCUT2D eigenvalue weighted by Gasteiger charge is -2.18. The van der Waals surface area contributed by atoms with Crippen molar-refractivity contribution >= 4 is 28.3 Å². The first-order valence-corrected chi connectivity index (χ1v) is 9.67. The summed E-state index contributed by atoms with van der Waals surface area (Å²) in [7, 11) is 3.20. The van der Waals surface area contributed by atoms with Gasteiger partial charge in [0.2, 0.25) is 5.91 Å². The highest BCUT2D eigenvalue weighted by molar-refractivity contribution is 5.95. The van der Waals surface area contributed by atoms with E-state index < -0.39 is 0 Å². The van der Waals surface area contributed by atoms with E-state index in [-0.39, 0.29) is 25.0 Å². The van der Waals surface area contributed by atoms with Crippen molar-refractivity contribution in [3.8, 4) is 11.5 Å². The van der Waals surface area contributed by atoms with Gasteiger partial charge in [-0.15, -0.1) is 0 Å². The Morgan fingerprint density at radius 2 is 1.63 bits per heavy atom. The summed E-state index contributed by atoms with van der Waals surface area (Å²) in [6.07, 6.45) is 0. The van der Waals surface area contributed by atoms with Crippen molar-refractivity contribution in [2.24, 2.45) is 0 Å². The average Bonchev–Trinajstić information content (AvgIpc) is 2.73. The van der Waals surface area contributed by atoms with Gasteiger partial charge in [0.15, 0.2) is 6.61 Å². The molecule has 0 aliphatic rings. The highest BCUT2D eigenvalue weighted by Gasteiger charge is 2.14. The largest absolute Gasteiger partial charge is 0.497 e. The third-order valence-electron chi connectivity index (χ3n) is 4.85. The molecule has 0 aromatic heterocycles. The van der Waals surface area contributed by atoms with Gasteiger partial charge in [-0.25, -0.2) is 0 Å². The molecule has 0 aliphatic heterocycles. The van der Waals surface area contributed by atoms with Crippen molar-refractivity contribution in [1.82, 2.24) is 4.90 Å². The van der Waals surface area contributed by atoms with E-state index in [0.717, 1.165) is 33.3 Å². The van der Waals surface area contributed by atoms with Gasteiger partial charge >= 0.3 is 0 Å². The van der Waals surface area contributed by atoms with Gasteiger partial charge in [-0.3, -0.25) is 9.59 Å². The number of carbonyl (C=O) groups is 2. The number of fused-ring (bicyclic) bond motifs is 1. The fourth-order valence-corrected chi connectivity index (χ4v) is 3.04. The van der Waals surface area contributed by atoms with Gasteiger partial charge in [0, 0.05) is 12.7 Å². The minimum Gasteiger partial charge on any atom is -0.497 e. The maximum atomic E-state index is 12.4. The number of hydrogen-bond acceptors (Lipinski definition) is 4. The molecule has 30 heavy (non-hydrogen) atoms. The molecule has 0 saturated heterocycles. The number of benzene rings is 3. The maximum Gasteiger partial charge on any atom is 0.260 e. The molecule has 6 heteroatoms. The van der Waals surface area contributed by atoms with E-state index in [1.165, 1.54) is 4.90 Å². The van der Waals surface area contributed by atoms with Crippen LogP contribution in [0.3, 0.4) is 0 Å². The Balaban J connectivity index is 1.55. The number of aryl methyl sites for hydroxylation is 2. The number of rotatable bonds is 7. The summed E-state index contributed by atoms with van der Waals surface area (Å²) in [6.45, 7) is 3.69. The van der Waals surface area contributed by atoms with Crippen LogP contribution in [0.1, 0.15) is 11.1 Å². The summed E-state index contributed by atoms with van der Waals surface area (Å²) in [5.41, 5.74) is 2.78. The van der Waals surface area contributed by atoms with Gasteiger partial charge < -0.3 is 19.7 Å². The van der Waals surface area contributed by atoms with Gasteiger partial charge in [-0.1, -0.05) is 24.3 Å². The standard InChI is InChI=1S/C24H26N2O4/c1-16-5-6-17(2)22(11-16)25-23(27)14-26(3)24(28)15-30-21-10-8-18-7-9-20(29-4)12-19(18)13-21/h5-13H,14-15H2,1-4H3,(H,25,27). The molecule has 0 heterocycles. The van der Waals surface area contributed by atoms with Crippen molar-refractivity contribution in [3.05, 3.63) is 65.7 Å². The Hall–Kier alpha value is -3.54. The van der Waals surface area contributed by atoms with Crippen LogP contribution in [0.15, 0.2) is 54.6 Å². The van der Waals surface area contributed by atoms with Gasteiger partial charge in [-0.2, -0.15) is 0 Å². The summed E-state index contributed by atoms with van der Waals surface area (Å²) in [5, 5.41) is 4.87. The van der Waals surface area contributed by atoms with Gasteiger partial charge in [0.25, 0.3) is 5.91 Å². The Bertz CT molecular complexity index is 1080. The van der Waals surface area contributed by atoms with Crippen LogP contribution >= 0.6 is 0 Å². The fraction of sp³-hybridized carbons (Fsp3) is 0.250. The zero-order chi connectivity index (χ0) is 21.7. The molecule has 0 bridgehead atoms. The van der Waals surface area contributed by atoms with Crippen LogP contribution in [0.25, 0.3) is 10.8 Å². The topological polar surface area (TPSA) is 67.9 Å². The number of likely N-dealkylation sites (N-methyl/N-ethyl adjacent to an activating group) is 1. The summed E-state index contributed by atoms with van der Waals surface area (Å²) < 4.78 is 10.9. The monoisotopic (exact) mass is 406 g/mol. The van der Waals surface area contributed by atoms with Crippen LogP contribution in [0.4, 0.5) is 5.69 Å². The number of anilines is 1. The van der Waals surface area contributed by atoms with Gasteiger partial charge in [0.1, 0.15) is 11.5 Å². The number of nitrogens with zero attached hydrogens (tertiary/aromatic N) is 1. The minimum atomic E-state index is -0.281. The lowest BCUT2D eigenvalue weighted by atomic mass is 10.1. The molecule has 0 aliphatic carbocycles. The van der Waals surface area contributed by atoms with E-state index in [4.69, 9.17) is 9.47 Å². The van der Waals surface area contributed by atoms with Crippen LogP contribution in [-0.2, 0) is 9.59 Å². The Morgan fingerprint density at radius 1 is 0.933 bits per heavy atom. The van der Waals surface area contributed by atoms with Gasteiger partial charge in [0.05, 0.1) is 13.7 Å². The second-order valence-electron chi connectivity index (χ2n) is 7.28. The van der Waals surface area contributed by atoms with E-state index in [1.807, 2.05) is 68.4 Å².